The summed E-state index contributed by atoms with van der Waals surface area (Å²) in [5, 5.41) is 2.94. The molecule has 1 amide bonds. The Hall–Kier alpha value is -2.34. The Labute approximate surface area is 152 Å². The van der Waals surface area contributed by atoms with E-state index in [2.05, 4.69) is 5.32 Å². The average Bonchev–Trinajstić information content (AvgIpc) is 2.63. The minimum atomic E-state index is 0.0587. The SMILES string of the molecule is COc1ccc(SCCC(=O)NCCc2ccc(N)cc2)cc1OC. The summed E-state index contributed by atoms with van der Waals surface area (Å²) in [6.45, 7) is 0.629. The van der Waals surface area contributed by atoms with Crippen LogP contribution in [0.1, 0.15) is 12.0 Å². The summed E-state index contributed by atoms with van der Waals surface area (Å²) < 4.78 is 10.5. The van der Waals surface area contributed by atoms with Crippen molar-refractivity contribution in [2.24, 2.45) is 0 Å². The second kappa shape index (κ2) is 9.84. The highest BCUT2D eigenvalue weighted by Gasteiger charge is 2.06. The smallest absolute Gasteiger partial charge is 0.220 e. The number of anilines is 1. The van der Waals surface area contributed by atoms with Gasteiger partial charge in [-0.15, -0.1) is 11.8 Å². The van der Waals surface area contributed by atoms with Crippen LogP contribution >= 0.6 is 11.8 Å². The van der Waals surface area contributed by atoms with Gasteiger partial charge in [0.15, 0.2) is 11.5 Å². The molecular weight excluding hydrogens is 336 g/mol. The topological polar surface area (TPSA) is 73.6 Å². The average molecular weight is 360 g/mol. The summed E-state index contributed by atoms with van der Waals surface area (Å²) in [5.74, 6) is 2.17. The fraction of sp³-hybridized carbons (Fsp3) is 0.316. The van der Waals surface area contributed by atoms with E-state index in [1.54, 1.807) is 26.0 Å². The quantitative estimate of drug-likeness (QED) is 0.531. The molecule has 0 radical (unpaired) electrons. The maximum Gasteiger partial charge on any atom is 0.220 e. The van der Waals surface area contributed by atoms with Crippen LogP contribution < -0.4 is 20.5 Å². The molecule has 0 aliphatic rings. The van der Waals surface area contributed by atoms with Crippen molar-refractivity contribution in [3.05, 3.63) is 48.0 Å². The van der Waals surface area contributed by atoms with Gasteiger partial charge in [-0.05, 0) is 42.3 Å². The number of carbonyl (C=O) groups excluding carboxylic acids is 1. The molecule has 0 unspecified atom stereocenters. The summed E-state index contributed by atoms with van der Waals surface area (Å²) in [6, 6.07) is 13.5. The van der Waals surface area contributed by atoms with Crippen molar-refractivity contribution in [3.63, 3.8) is 0 Å². The van der Waals surface area contributed by atoms with E-state index in [1.165, 1.54) is 0 Å². The van der Waals surface area contributed by atoms with Gasteiger partial charge in [0.1, 0.15) is 0 Å². The number of nitrogens with one attached hydrogen (secondary N) is 1. The molecule has 2 aromatic carbocycles. The summed E-state index contributed by atoms with van der Waals surface area (Å²) in [6.07, 6.45) is 1.27. The number of hydrogen-bond acceptors (Lipinski definition) is 5. The molecule has 5 nitrogen and oxygen atoms in total. The number of amides is 1. The number of rotatable bonds is 9. The van der Waals surface area contributed by atoms with Gasteiger partial charge >= 0.3 is 0 Å². The van der Waals surface area contributed by atoms with Crippen molar-refractivity contribution in [2.75, 3.05) is 32.3 Å². The molecule has 2 rings (SSSR count). The normalized spacial score (nSPS) is 10.3. The second-order valence-electron chi connectivity index (χ2n) is 5.46. The largest absolute Gasteiger partial charge is 0.493 e. The standard InChI is InChI=1S/C19H24N2O3S/c1-23-17-8-7-16(13-18(17)24-2)25-12-10-19(22)21-11-9-14-3-5-15(20)6-4-14/h3-8,13H,9-12,20H2,1-2H3,(H,21,22). The Balaban J connectivity index is 1.69. The fourth-order valence-corrected chi connectivity index (χ4v) is 3.16. The van der Waals surface area contributed by atoms with Crippen molar-refractivity contribution < 1.29 is 14.3 Å². The minimum Gasteiger partial charge on any atom is -0.493 e. The zero-order chi connectivity index (χ0) is 18.1. The van der Waals surface area contributed by atoms with E-state index in [0.29, 0.717) is 30.2 Å². The van der Waals surface area contributed by atoms with E-state index in [9.17, 15) is 4.79 Å². The summed E-state index contributed by atoms with van der Waals surface area (Å²) in [7, 11) is 3.22. The molecule has 0 bridgehead atoms. The molecule has 0 aliphatic heterocycles. The second-order valence-corrected chi connectivity index (χ2v) is 6.63. The maximum absolute atomic E-state index is 11.9. The molecule has 2 aromatic rings. The van der Waals surface area contributed by atoms with Crippen LogP contribution in [0.2, 0.25) is 0 Å². The van der Waals surface area contributed by atoms with Crippen molar-refractivity contribution in [3.8, 4) is 11.5 Å². The van der Waals surface area contributed by atoms with Crippen molar-refractivity contribution >= 4 is 23.4 Å². The molecule has 6 heteroatoms. The Morgan fingerprint density at radius 3 is 2.48 bits per heavy atom. The van der Waals surface area contributed by atoms with E-state index in [-0.39, 0.29) is 5.91 Å². The van der Waals surface area contributed by atoms with Gasteiger partial charge < -0.3 is 20.5 Å². The molecule has 0 saturated heterocycles. The lowest BCUT2D eigenvalue weighted by molar-refractivity contribution is -0.120. The van der Waals surface area contributed by atoms with E-state index >= 15 is 0 Å². The van der Waals surface area contributed by atoms with Crippen LogP contribution in [0, 0.1) is 0 Å². The zero-order valence-corrected chi connectivity index (χ0v) is 15.4. The van der Waals surface area contributed by atoms with Crippen LogP contribution in [-0.4, -0.2) is 32.4 Å². The third-order valence-electron chi connectivity index (χ3n) is 3.67. The number of thioether (sulfide) groups is 1. The molecule has 0 spiro atoms. The van der Waals surface area contributed by atoms with Gasteiger partial charge in [0, 0.05) is 29.3 Å². The van der Waals surface area contributed by atoms with Crippen LogP contribution in [0.4, 0.5) is 5.69 Å². The molecule has 0 heterocycles. The first-order chi connectivity index (χ1) is 12.1. The van der Waals surface area contributed by atoms with Crippen LogP contribution in [-0.2, 0) is 11.2 Å². The Bertz CT molecular complexity index is 690. The van der Waals surface area contributed by atoms with Crippen molar-refractivity contribution in [1.29, 1.82) is 0 Å². The molecular formula is C19H24N2O3S. The van der Waals surface area contributed by atoms with Crippen molar-refractivity contribution in [2.45, 2.75) is 17.7 Å². The first-order valence-corrected chi connectivity index (χ1v) is 9.07. The third-order valence-corrected chi connectivity index (χ3v) is 4.66. The predicted molar refractivity (Wildman–Crippen MR) is 102 cm³/mol. The van der Waals surface area contributed by atoms with E-state index in [4.69, 9.17) is 15.2 Å². The molecule has 0 saturated carbocycles. The van der Waals surface area contributed by atoms with Gasteiger partial charge in [0.05, 0.1) is 14.2 Å². The van der Waals surface area contributed by atoms with Crippen LogP contribution in [0.3, 0.4) is 0 Å². The van der Waals surface area contributed by atoms with Crippen LogP contribution in [0.5, 0.6) is 11.5 Å². The van der Waals surface area contributed by atoms with Gasteiger partial charge in [-0.2, -0.15) is 0 Å². The minimum absolute atomic E-state index is 0.0587. The Morgan fingerprint density at radius 1 is 1.08 bits per heavy atom. The number of benzene rings is 2. The number of nitrogen functional groups attached to an aromatic ring is 1. The lowest BCUT2D eigenvalue weighted by Gasteiger charge is -2.09. The van der Waals surface area contributed by atoms with Crippen molar-refractivity contribution in [1.82, 2.24) is 5.32 Å². The maximum atomic E-state index is 11.9. The number of carbonyl (C=O) groups is 1. The van der Waals surface area contributed by atoms with Gasteiger partial charge in [0.2, 0.25) is 5.91 Å². The first kappa shape index (κ1) is 19.0. The van der Waals surface area contributed by atoms with Gasteiger partial charge in [-0.1, -0.05) is 12.1 Å². The Morgan fingerprint density at radius 2 is 1.80 bits per heavy atom. The molecule has 0 aromatic heterocycles. The highest BCUT2D eigenvalue weighted by Crippen LogP contribution is 2.31. The van der Waals surface area contributed by atoms with Crippen LogP contribution in [0.15, 0.2) is 47.4 Å². The molecule has 3 N–H and O–H groups in total. The fourth-order valence-electron chi connectivity index (χ4n) is 2.29. The Kier molecular flexibility index (Phi) is 7.47. The summed E-state index contributed by atoms with van der Waals surface area (Å²) >= 11 is 1.62. The number of methoxy groups -OCH3 is 2. The summed E-state index contributed by atoms with van der Waals surface area (Å²) in [5.41, 5.74) is 7.57. The first-order valence-electron chi connectivity index (χ1n) is 8.08. The number of ether oxygens (including phenoxy) is 2. The zero-order valence-electron chi connectivity index (χ0n) is 14.6. The number of hydrogen-bond donors (Lipinski definition) is 2. The predicted octanol–water partition coefficient (Wildman–Crippen LogP) is 3.13. The lowest BCUT2D eigenvalue weighted by Crippen LogP contribution is -2.25. The molecule has 0 fully saturated rings. The number of nitrogens with two attached hydrogens (primary N) is 1. The highest BCUT2D eigenvalue weighted by molar-refractivity contribution is 7.99. The van der Waals surface area contributed by atoms with E-state index in [1.807, 2.05) is 42.5 Å². The molecule has 134 valence electrons. The third kappa shape index (κ3) is 6.23. The molecule has 0 atom stereocenters. The lowest BCUT2D eigenvalue weighted by atomic mass is 10.1. The van der Waals surface area contributed by atoms with Gasteiger partial charge in [-0.3, -0.25) is 4.79 Å². The van der Waals surface area contributed by atoms with Crippen LogP contribution in [0.25, 0.3) is 0 Å². The van der Waals surface area contributed by atoms with Gasteiger partial charge in [-0.25, -0.2) is 0 Å². The molecule has 0 aliphatic carbocycles. The van der Waals surface area contributed by atoms with E-state index in [0.717, 1.165) is 22.6 Å². The highest BCUT2D eigenvalue weighted by atomic mass is 32.2. The monoisotopic (exact) mass is 360 g/mol. The van der Waals surface area contributed by atoms with E-state index < -0.39 is 0 Å². The molecule has 25 heavy (non-hydrogen) atoms. The van der Waals surface area contributed by atoms with Gasteiger partial charge in [0.25, 0.3) is 0 Å². The summed E-state index contributed by atoms with van der Waals surface area (Å²) in [4.78, 5) is 13.0.